The average Bonchev–Trinajstić information content (AvgIpc) is 2.74. The van der Waals surface area contributed by atoms with Gasteiger partial charge in [-0.05, 0) is 27.1 Å². The van der Waals surface area contributed by atoms with Crippen molar-refractivity contribution >= 4 is 0 Å². The number of hydrogen-bond acceptors (Lipinski definition) is 2. The summed E-state index contributed by atoms with van der Waals surface area (Å²) in [4.78, 5) is 6.63. The van der Waals surface area contributed by atoms with Crippen LogP contribution in [0.3, 0.4) is 0 Å². The van der Waals surface area contributed by atoms with Gasteiger partial charge in [-0.25, -0.2) is 4.98 Å². The fraction of sp³-hybridized carbons (Fsp3) is 0.357. The SMILES string of the molecule is Cc1cccc(-c2nccn2CCN(C)C)c1. The molecule has 2 aromatic rings. The number of hydrogen-bond donors (Lipinski definition) is 0. The average molecular weight is 229 g/mol. The zero-order chi connectivity index (χ0) is 12.3. The summed E-state index contributed by atoms with van der Waals surface area (Å²) >= 11 is 0. The molecule has 0 aliphatic heterocycles. The molecule has 3 nitrogen and oxygen atoms in total. The van der Waals surface area contributed by atoms with Crippen LogP contribution in [0.2, 0.25) is 0 Å². The van der Waals surface area contributed by atoms with Crippen molar-refractivity contribution in [2.45, 2.75) is 13.5 Å². The van der Waals surface area contributed by atoms with Crippen molar-refractivity contribution in [2.24, 2.45) is 0 Å². The summed E-state index contributed by atoms with van der Waals surface area (Å²) in [7, 11) is 4.17. The Kier molecular flexibility index (Phi) is 3.59. The lowest BCUT2D eigenvalue weighted by atomic mass is 10.1. The van der Waals surface area contributed by atoms with Gasteiger partial charge in [0, 0.05) is 31.0 Å². The van der Waals surface area contributed by atoms with Crippen molar-refractivity contribution in [3.63, 3.8) is 0 Å². The molecule has 0 saturated carbocycles. The lowest BCUT2D eigenvalue weighted by Crippen LogP contribution is -2.18. The fourth-order valence-corrected chi connectivity index (χ4v) is 1.84. The number of aryl methyl sites for hydroxylation is 1. The summed E-state index contributed by atoms with van der Waals surface area (Å²) in [6, 6.07) is 8.47. The fourth-order valence-electron chi connectivity index (χ4n) is 1.84. The Balaban J connectivity index is 2.24. The number of likely N-dealkylation sites (N-methyl/N-ethyl adjacent to an activating group) is 1. The zero-order valence-corrected chi connectivity index (χ0v) is 10.7. The van der Waals surface area contributed by atoms with E-state index in [1.165, 1.54) is 11.1 Å². The van der Waals surface area contributed by atoms with Gasteiger partial charge in [0.1, 0.15) is 5.82 Å². The van der Waals surface area contributed by atoms with E-state index in [1.807, 2.05) is 12.4 Å². The molecule has 17 heavy (non-hydrogen) atoms. The molecule has 0 atom stereocenters. The molecule has 3 heteroatoms. The minimum absolute atomic E-state index is 0.969. The van der Waals surface area contributed by atoms with Crippen molar-refractivity contribution in [2.75, 3.05) is 20.6 Å². The second-order valence-electron chi connectivity index (χ2n) is 4.62. The standard InChI is InChI=1S/C14H19N3/c1-12-5-4-6-13(11-12)14-15-7-8-17(14)10-9-16(2)3/h4-8,11H,9-10H2,1-3H3. The van der Waals surface area contributed by atoms with Crippen LogP contribution in [0.25, 0.3) is 11.4 Å². The van der Waals surface area contributed by atoms with Crippen molar-refractivity contribution in [1.82, 2.24) is 14.5 Å². The predicted octanol–water partition coefficient (Wildman–Crippen LogP) is 2.42. The largest absolute Gasteiger partial charge is 0.330 e. The first-order valence-electron chi connectivity index (χ1n) is 5.90. The van der Waals surface area contributed by atoms with Crippen LogP contribution in [-0.2, 0) is 6.54 Å². The highest BCUT2D eigenvalue weighted by Gasteiger charge is 2.05. The third kappa shape index (κ3) is 2.94. The van der Waals surface area contributed by atoms with Crippen molar-refractivity contribution in [3.05, 3.63) is 42.2 Å². The molecule has 90 valence electrons. The third-order valence-electron chi connectivity index (χ3n) is 2.78. The second-order valence-corrected chi connectivity index (χ2v) is 4.62. The number of rotatable bonds is 4. The first-order valence-corrected chi connectivity index (χ1v) is 5.90. The van der Waals surface area contributed by atoms with Crippen molar-refractivity contribution in [3.8, 4) is 11.4 Å². The predicted molar refractivity (Wildman–Crippen MR) is 71.0 cm³/mol. The van der Waals surface area contributed by atoms with E-state index in [4.69, 9.17) is 0 Å². The molecule has 0 radical (unpaired) electrons. The van der Waals surface area contributed by atoms with Crippen LogP contribution in [0.4, 0.5) is 0 Å². The van der Waals surface area contributed by atoms with Gasteiger partial charge < -0.3 is 9.47 Å². The third-order valence-corrected chi connectivity index (χ3v) is 2.78. The first kappa shape index (κ1) is 11.9. The maximum atomic E-state index is 4.45. The van der Waals surface area contributed by atoms with Crippen LogP contribution in [0, 0.1) is 6.92 Å². The van der Waals surface area contributed by atoms with E-state index < -0.39 is 0 Å². The van der Waals surface area contributed by atoms with E-state index in [-0.39, 0.29) is 0 Å². The van der Waals surface area contributed by atoms with E-state index in [0.717, 1.165) is 18.9 Å². The summed E-state index contributed by atoms with van der Waals surface area (Å²) in [5.41, 5.74) is 2.46. The van der Waals surface area contributed by atoms with Gasteiger partial charge in [0.25, 0.3) is 0 Å². The zero-order valence-electron chi connectivity index (χ0n) is 10.7. The van der Waals surface area contributed by atoms with Gasteiger partial charge >= 0.3 is 0 Å². The molecule has 0 fully saturated rings. The van der Waals surface area contributed by atoms with Gasteiger partial charge in [-0.2, -0.15) is 0 Å². The summed E-state index contributed by atoms with van der Waals surface area (Å²) in [6.07, 6.45) is 3.91. The van der Waals surface area contributed by atoms with Crippen LogP contribution < -0.4 is 0 Å². The maximum Gasteiger partial charge on any atom is 0.139 e. The van der Waals surface area contributed by atoms with Gasteiger partial charge in [-0.15, -0.1) is 0 Å². The topological polar surface area (TPSA) is 21.1 Å². The number of imidazole rings is 1. The van der Waals surface area contributed by atoms with Gasteiger partial charge in [0.15, 0.2) is 0 Å². The molecular formula is C14H19N3. The Morgan fingerprint density at radius 2 is 2.12 bits per heavy atom. The van der Waals surface area contributed by atoms with Crippen LogP contribution in [0.1, 0.15) is 5.56 Å². The molecule has 0 amide bonds. The molecule has 0 bridgehead atoms. The minimum atomic E-state index is 0.969. The highest BCUT2D eigenvalue weighted by atomic mass is 15.1. The van der Waals surface area contributed by atoms with Gasteiger partial charge in [0.05, 0.1) is 0 Å². The van der Waals surface area contributed by atoms with E-state index in [1.54, 1.807) is 0 Å². The van der Waals surface area contributed by atoms with Gasteiger partial charge in [-0.3, -0.25) is 0 Å². The van der Waals surface area contributed by atoms with Crippen molar-refractivity contribution < 1.29 is 0 Å². The summed E-state index contributed by atoms with van der Waals surface area (Å²) in [5.74, 6) is 1.05. The summed E-state index contributed by atoms with van der Waals surface area (Å²) < 4.78 is 2.20. The molecule has 2 rings (SSSR count). The van der Waals surface area contributed by atoms with E-state index in [9.17, 15) is 0 Å². The summed E-state index contributed by atoms with van der Waals surface area (Å²) in [5, 5.41) is 0. The normalized spacial score (nSPS) is 11.1. The summed E-state index contributed by atoms with van der Waals surface area (Å²) in [6.45, 7) is 4.10. The van der Waals surface area contributed by atoms with E-state index in [0.29, 0.717) is 0 Å². The molecule has 0 spiro atoms. The van der Waals surface area contributed by atoms with E-state index in [2.05, 4.69) is 59.7 Å². The van der Waals surface area contributed by atoms with Crippen LogP contribution >= 0.6 is 0 Å². The lowest BCUT2D eigenvalue weighted by molar-refractivity contribution is 0.385. The Morgan fingerprint density at radius 1 is 1.29 bits per heavy atom. The maximum absolute atomic E-state index is 4.45. The van der Waals surface area contributed by atoms with Crippen molar-refractivity contribution in [1.29, 1.82) is 0 Å². The molecule has 0 saturated heterocycles. The molecular weight excluding hydrogens is 210 g/mol. The Hall–Kier alpha value is -1.61. The first-order chi connectivity index (χ1) is 8.16. The van der Waals surface area contributed by atoms with Gasteiger partial charge in [-0.1, -0.05) is 23.8 Å². The molecule has 1 aromatic heterocycles. The monoisotopic (exact) mass is 229 g/mol. The molecule has 1 aromatic carbocycles. The highest BCUT2D eigenvalue weighted by molar-refractivity contribution is 5.56. The second kappa shape index (κ2) is 5.15. The van der Waals surface area contributed by atoms with Gasteiger partial charge in [0.2, 0.25) is 0 Å². The van der Waals surface area contributed by atoms with Crippen LogP contribution in [0.15, 0.2) is 36.7 Å². The number of benzene rings is 1. The molecule has 0 aliphatic carbocycles. The molecule has 0 aliphatic rings. The molecule has 1 heterocycles. The Labute approximate surface area is 103 Å². The Morgan fingerprint density at radius 3 is 2.82 bits per heavy atom. The Bertz CT molecular complexity index is 486. The number of nitrogens with zero attached hydrogens (tertiary/aromatic N) is 3. The molecule has 0 N–H and O–H groups in total. The lowest BCUT2D eigenvalue weighted by Gasteiger charge is -2.12. The van der Waals surface area contributed by atoms with Crippen LogP contribution in [-0.4, -0.2) is 35.1 Å². The number of aromatic nitrogens is 2. The smallest absolute Gasteiger partial charge is 0.139 e. The highest BCUT2D eigenvalue weighted by Crippen LogP contribution is 2.18. The quantitative estimate of drug-likeness (QED) is 0.803. The van der Waals surface area contributed by atoms with E-state index >= 15 is 0 Å². The van der Waals surface area contributed by atoms with Crippen LogP contribution in [0.5, 0.6) is 0 Å². The molecule has 0 unspecified atom stereocenters. The minimum Gasteiger partial charge on any atom is -0.330 e.